The Hall–Kier alpha value is -3.84. The van der Waals surface area contributed by atoms with E-state index >= 15 is 0 Å². The molecular formula is C50H76N6O14S. The maximum absolute atomic E-state index is 14.5. The number of pyridine rings is 1. The minimum Gasteiger partial charge on any atom is -0.462 e. The number of nitrogen functional groups attached to an aromatic ring is 1. The summed E-state index contributed by atoms with van der Waals surface area (Å²) in [6, 6.07) is 2.93. The smallest absolute Gasteiger partial charge is 0.308 e. The highest BCUT2D eigenvalue weighted by atomic mass is 32.1. The van der Waals surface area contributed by atoms with E-state index in [-0.39, 0.29) is 51.2 Å². The Morgan fingerprint density at radius 2 is 1.75 bits per heavy atom. The summed E-state index contributed by atoms with van der Waals surface area (Å²) in [7, 11) is 6.63. The topological polar surface area (TPSA) is 258 Å². The first-order chi connectivity index (χ1) is 34.0. The number of hydrogen-bond acceptors (Lipinski definition) is 21. The quantitative estimate of drug-likeness (QED) is 0.164. The van der Waals surface area contributed by atoms with E-state index in [0.717, 1.165) is 11.1 Å². The summed E-state index contributed by atoms with van der Waals surface area (Å²) in [5, 5.41) is 46.9. The number of aliphatic hydroxyl groups excluding tert-OH is 3. The molecule has 2 aromatic heterocycles. The molecule has 0 aromatic carbocycles. The van der Waals surface area contributed by atoms with Gasteiger partial charge in [0.15, 0.2) is 23.7 Å². The molecule has 0 spiro atoms. The number of hydrogen-bond donors (Lipinski definition) is 4. The third-order valence-corrected chi connectivity index (χ3v) is 14.9. The molecule has 5 heterocycles. The number of ketones is 1. The summed E-state index contributed by atoms with van der Waals surface area (Å²) in [4.78, 5) is 40.6. The van der Waals surface area contributed by atoms with Crippen molar-refractivity contribution in [2.24, 2.45) is 28.8 Å². The first-order valence-electron chi connectivity index (χ1n) is 24.7. The Balaban J connectivity index is 1.31. The molecule has 2 saturated heterocycles. The van der Waals surface area contributed by atoms with Crippen LogP contribution in [-0.2, 0) is 58.9 Å². The number of ether oxygens (including phenoxy) is 8. The zero-order valence-electron chi connectivity index (χ0n) is 42.5. The van der Waals surface area contributed by atoms with E-state index in [4.69, 9.17) is 48.5 Å². The van der Waals surface area contributed by atoms with E-state index < -0.39 is 97.1 Å². The van der Waals surface area contributed by atoms with Crippen LogP contribution in [0.2, 0.25) is 0 Å². The van der Waals surface area contributed by atoms with E-state index in [9.17, 15) is 24.9 Å². The highest BCUT2D eigenvalue weighted by Crippen LogP contribution is 2.36. The number of esters is 1. The molecule has 0 radical (unpaired) electrons. The van der Waals surface area contributed by atoms with Gasteiger partial charge < -0.3 is 68.7 Å². The lowest BCUT2D eigenvalue weighted by molar-refractivity contribution is -0.305. The third-order valence-electron chi connectivity index (χ3n) is 14.1. The maximum Gasteiger partial charge on any atom is 0.308 e. The van der Waals surface area contributed by atoms with E-state index in [2.05, 4.69) is 20.3 Å². The number of nitrogens with two attached hydrogens (primary N) is 1. The van der Waals surface area contributed by atoms with Crippen molar-refractivity contribution < 1.29 is 67.6 Å². The van der Waals surface area contributed by atoms with Gasteiger partial charge in [-0.15, -0.1) is 10.2 Å². The second-order valence-corrected chi connectivity index (χ2v) is 20.5. The zero-order chi connectivity index (χ0) is 51.4. The maximum atomic E-state index is 14.5. The lowest BCUT2D eigenvalue weighted by Crippen LogP contribution is -2.63. The van der Waals surface area contributed by atoms with Crippen LogP contribution in [0.5, 0.6) is 0 Å². The van der Waals surface area contributed by atoms with Crippen LogP contribution in [0.1, 0.15) is 78.8 Å². The molecule has 71 heavy (non-hydrogen) atoms. The standard InChI is InChI=1S/C50H76N6O14S/c1-10-38-33(23-65-39-16-15-37(58)46(62-8)47(39)63-9)19-27(2)11-14-36(57)28(3)20-31-17-18-64-24-35(55-67-26-34-13-12-32(22-52-34)48-53-54-50(51)71-48)25-66-40(21-41(59)69-38)29(4)45(31)70-49-44(61)42(56(6)7)43(60)30(5)68-49/h11-14,19,22,28-31,33,37-40,42-47,49,58,60-61H,10,15-18,20-21,23-26H2,1-9H3,(H2,51,54)/b14-11+,27-19+,55-35+/t28-,29+,30-,31?,33-,37-,38-,39-,40-,42+,43-,44-,45-,46-,47+,49+/m1/s1. The van der Waals surface area contributed by atoms with Crippen molar-refractivity contribution in [1.82, 2.24) is 20.1 Å². The molecule has 3 aliphatic heterocycles. The predicted molar refractivity (Wildman–Crippen MR) is 263 cm³/mol. The van der Waals surface area contributed by atoms with Gasteiger partial charge in [-0.05, 0) is 84.2 Å². The minimum absolute atomic E-state index is 0.0375. The van der Waals surface area contributed by atoms with E-state index in [1.54, 1.807) is 57.4 Å². The van der Waals surface area contributed by atoms with Gasteiger partial charge in [0.05, 0.1) is 74.6 Å². The van der Waals surface area contributed by atoms with Crippen molar-refractivity contribution in [2.45, 2.75) is 153 Å². The molecule has 20 nitrogen and oxygen atoms in total. The van der Waals surface area contributed by atoms with Gasteiger partial charge in [0.25, 0.3) is 0 Å². The highest BCUT2D eigenvalue weighted by Gasteiger charge is 2.48. The molecule has 1 unspecified atom stereocenters. The molecule has 21 heteroatoms. The second-order valence-electron chi connectivity index (χ2n) is 19.5. The van der Waals surface area contributed by atoms with E-state index in [0.29, 0.717) is 53.6 Å². The summed E-state index contributed by atoms with van der Waals surface area (Å²) in [6.45, 7) is 9.72. The van der Waals surface area contributed by atoms with Gasteiger partial charge in [-0.1, -0.05) is 55.0 Å². The number of rotatable bonds is 13. The van der Waals surface area contributed by atoms with Crippen molar-refractivity contribution in [2.75, 3.05) is 60.5 Å². The van der Waals surface area contributed by atoms with Crippen molar-refractivity contribution in [1.29, 1.82) is 0 Å². The van der Waals surface area contributed by atoms with Crippen LogP contribution in [0.25, 0.3) is 10.6 Å². The third kappa shape index (κ3) is 15.1. The monoisotopic (exact) mass is 1020 g/mol. The number of cyclic esters (lactones) is 1. The molecular weight excluding hydrogens is 941 g/mol. The zero-order valence-corrected chi connectivity index (χ0v) is 43.4. The molecule has 1 saturated carbocycles. The van der Waals surface area contributed by atoms with E-state index in [1.807, 2.05) is 39.8 Å². The number of carbonyl (C=O) groups excluding carboxylic acids is 2. The molecule has 6 rings (SSSR count). The number of anilines is 1. The SMILES string of the molecule is CC[C@H]1OC(=O)C[C@H]2OC/C(=N/OCc3ccc(-c4nnc(N)s4)cn3)COCCC(C[C@@H](C)C(=O)/C=C/C(C)=C/[C@@H]1CO[C@@H]1CC[C@@H](O)[C@@H](OC)[C@H]1OC)[C@H](O[C@@H]1O[C@H](C)[C@@H](O)[C@H](N(C)C)[C@H]1O)[C@H]2C. The molecule has 1 aliphatic carbocycles. The summed E-state index contributed by atoms with van der Waals surface area (Å²) < 4.78 is 50.3. The molecule has 2 bridgehead atoms. The van der Waals surface area contributed by atoms with Crippen LogP contribution >= 0.6 is 11.3 Å². The fourth-order valence-electron chi connectivity index (χ4n) is 10.0. The van der Waals surface area contributed by atoms with Crippen molar-refractivity contribution in [3.8, 4) is 10.6 Å². The number of allylic oxidation sites excluding steroid dienone is 3. The number of aromatic nitrogens is 3. The Bertz CT molecular complexity index is 2090. The first kappa shape index (κ1) is 56.5. The van der Waals surface area contributed by atoms with Crippen molar-refractivity contribution in [3.63, 3.8) is 0 Å². The fourth-order valence-corrected chi connectivity index (χ4v) is 10.6. The van der Waals surface area contributed by atoms with E-state index in [1.165, 1.54) is 18.4 Å². The normalized spacial score (nSPS) is 37.0. The van der Waals surface area contributed by atoms with Gasteiger partial charge in [-0.2, -0.15) is 0 Å². The number of nitrogens with zero attached hydrogens (tertiary/aromatic N) is 5. The number of oxime groups is 1. The average molecular weight is 1020 g/mol. The molecule has 4 aliphatic rings. The Morgan fingerprint density at radius 1 is 0.972 bits per heavy atom. The predicted octanol–water partition coefficient (Wildman–Crippen LogP) is 3.90. The summed E-state index contributed by atoms with van der Waals surface area (Å²) in [5.41, 5.74) is 8.33. The molecule has 3 fully saturated rings. The molecule has 396 valence electrons. The highest BCUT2D eigenvalue weighted by molar-refractivity contribution is 7.18. The minimum atomic E-state index is -1.26. The molecule has 0 amide bonds. The number of carbonyl (C=O) groups is 2. The largest absolute Gasteiger partial charge is 0.462 e. The number of fused-ring (bicyclic) bond motifs is 3. The fraction of sp³-hybridized carbons (Fsp3) is 0.720. The van der Waals surface area contributed by atoms with Crippen LogP contribution in [0.4, 0.5) is 5.13 Å². The van der Waals surface area contributed by atoms with Gasteiger partial charge >= 0.3 is 5.97 Å². The van der Waals surface area contributed by atoms with Gasteiger partial charge in [0.1, 0.15) is 30.1 Å². The Kier molecular flexibility index (Phi) is 21.4. The van der Waals surface area contributed by atoms with Crippen LogP contribution in [0.15, 0.2) is 47.3 Å². The van der Waals surface area contributed by atoms with Crippen molar-refractivity contribution >= 4 is 33.9 Å². The van der Waals surface area contributed by atoms with Gasteiger partial charge in [0, 0.05) is 50.3 Å². The van der Waals surface area contributed by atoms with Crippen LogP contribution in [0, 0.1) is 23.7 Å². The van der Waals surface area contributed by atoms with Gasteiger partial charge in [-0.25, -0.2) is 0 Å². The van der Waals surface area contributed by atoms with Crippen LogP contribution in [0.3, 0.4) is 0 Å². The number of methoxy groups -OCH3 is 2. The van der Waals surface area contributed by atoms with Crippen LogP contribution < -0.4 is 5.73 Å². The van der Waals surface area contributed by atoms with Gasteiger partial charge in [-0.3, -0.25) is 14.6 Å². The Morgan fingerprint density at radius 3 is 2.42 bits per heavy atom. The van der Waals surface area contributed by atoms with Crippen LogP contribution in [-0.4, -0.2) is 181 Å². The molecule has 2 aromatic rings. The second kappa shape index (κ2) is 26.9. The summed E-state index contributed by atoms with van der Waals surface area (Å²) in [6.07, 6.45) is 0.342. The Labute approximate surface area is 421 Å². The first-order valence-corrected chi connectivity index (χ1v) is 25.5. The average Bonchev–Trinajstić information content (AvgIpc) is 3.78. The summed E-state index contributed by atoms with van der Waals surface area (Å²) >= 11 is 1.26. The molecule has 16 atom stereocenters. The summed E-state index contributed by atoms with van der Waals surface area (Å²) in [5.74, 6) is -2.50. The lowest BCUT2D eigenvalue weighted by atomic mass is 9.79. The number of likely N-dealkylation sites (N-methyl/N-ethyl adjacent to an activating group) is 1. The van der Waals surface area contributed by atoms with Crippen molar-refractivity contribution in [3.05, 3.63) is 47.8 Å². The van der Waals surface area contributed by atoms with Gasteiger partial charge in [0.2, 0.25) is 5.13 Å². The number of aliphatic hydroxyl groups is 3. The lowest BCUT2D eigenvalue weighted by Gasteiger charge is -2.47. The molecule has 5 N–H and O–H groups in total.